The van der Waals surface area contributed by atoms with E-state index >= 15 is 0 Å². The van der Waals surface area contributed by atoms with Crippen LogP contribution in [0.4, 0.5) is 5.69 Å². The number of hydrogen-bond donors (Lipinski definition) is 1. The summed E-state index contributed by atoms with van der Waals surface area (Å²) in [5.41, 5.74) is 0.520. The Kier molecular flexibility index (Phi) is 4.00. The van der Waals surface area contributed by atoms with Gasteiger partial charge < -0.3 is 5.32 Å². The molecule has 3 amide bonds. The van der Waals surface area contributed by atoms with E-state index in [4.69, 9.17) is 11.6 Å². The quantitative estimate of drug-likeness (QED) is 0.599. The SMILES string of the molecule is C[C@H](C(=O)Nc1ccc(Br)c(Cl)c1)N1C(=O)[C@@H]2[C@H](C1=O)[C@@H]1C=C[C@H]2C1. The summed E-state index contributed by atoms with van der Waals surface area (Å²) in [6.45, 7) is 1.59. The third kappa shape index (κ3) is 2.54. The highest BCUT2D eigenvalue weighted by molar-refractivity contribution is 9.10. The number of hydrogen-bond acceptors (Lipinski definition) is 3. The van der Waals surface area contributed by atoms with Gasteiger partial charge in [0.1, 0.15) is 6.04 Å². The summed E-state index contributed by atoms with van der Waals surface area (Å²) in [7, 11) is 0. The van der Waals surface area contributed by atoms with Crippen LogP contribution < -0.4 is 5.32 Å². The molecule has 3 aliphatic rings. The number of amides is 3. The molecule has 0 radical (unpaired) electrons. The van der Waals surface area contributed by atoms with Gasteiger partial charge in [-0.05, 0) is 59.3 Å². The van der Waals surface area contributed by atoms with Crippen LogP contribution in [0, 0.1) is 23.7 Å². The Balaban J connectivity index is 1.52. The van der Waals surface area contributed by atoms with E-state index in [1.54, 1.807) is 25.1 Å². The van der Waals surface area contributed by atoms with Crippen molar-refractivity contribution in [1.29, 1.82) is 0 Å². The molecular formula is C18H16BrClN2O3. The third-order valence-corrected chi connectivity index (χ3v) is 6.69. The largest absolute Gasteiger partial charge is 0.324 e. The first-order chi connectivity index (χ1) is 11.9. The van der Waals surface area contributed by atoms with Gasteiger partial charge in [-0.3, -0.25) is 19.3 Å². The Morgan fingerprint density at radius 2 is 1.84 bits per heavy atom. The number of imide groups is 1. The van der Waals surface area contributed by atoms with Crippen molar-refractivity contribution in [3.05, 3.63) is 39.8 Å². The third-order valence-electron chi connectivity index (χ3n) is 5.46. The lowest BCUT2D eigenvalue weighted by molar-refractivity contribution is -0.146. The summed E-state index contributed by atoms with van der Waals surface area (Å²) in [6.07, 6.45) is 4.95. The summed E-state index contributed by atoms with van der Waals surface area (Å²) in [5.74, 6) is -1.15. The molecule has 0 spiro atoms. The maximum atomic E-state index is 12.7. The van der Waals surface area contributed by atoms with Crippen LogP contribution in [-0.4, -0.2) is 28.7 Å². The van der Waals surface area contributed by atoms with Crippen LogP contribution in [0.3, 0.4) is 0 Å². The minimum atomic E-state index is -0.854. The van der Waals surface area contributed by atoms with Gasteiger partial charge >= 0.3 is 0 Å². The van der Waals surface area contributed by atoms with Crippen molar-refractivity contribution < 1.29 is 14.4 Å². The highest BCUT2D eigenvalue weighted by Gasteiger charge is 2.60. The highest BCUT2D eigenvalue weighted by atomic mass is 79.9. The van der Waals surface area contributed by atoms with Crippen LogP contribution in [0.2, 0.25) is 5.02 Å². The lowest BCUT2D eigenvalue weighted by atomic mass is 9.85. The molecule has 1 heterocycles. The first kappa shape index (κ1) is 16.8. The molecule has 2 fully saturated rings. The molecule has 1 aromatic carbocycles. The lowest BCUT2D eigenvalue weighted by Gasteiger charge is -2.23. The molecule has 25 heavy (non-hydrogen) atoms. The number of carbonyl (C=O) groups is 3. The predicted molar refractivity (Wildman–Crippen MR) is 96.8 cm³/mol. The first-order valence-electron chi connectivity index (χ1n) is 8.19. The fourth-order valence-corrected chi connectivity index (χ4v) is 4.67. The Morgan fingerprint density at radius 3 is 2.40 bits per heavy atom. The maximum absolute atomic E-state index is 12.7. The molecule has 7 heteroatoms. The van der Waals surface area contributed by atoms with E-state index in [-0.39, 0.29) is 35.5 Å². The zero-order valence-corrected chi connectivity index (χ0v) is 15.8. The van der Waals surface area contributed by atoms with Gasteiger partial charge in [0.15, 0.2) is 0 Å². The van der Waals surface area contributed by atoms with E-state index in [1.165, 1.54) is 0 Å². The number of likely N-dealkylation sites (tertiary alicyclic amines) is 1. The highest BCUT2D eigenvalue weighted by Crippen LogP contribution is 2.52. The van der Waals surface area contributed by atoms with E-state index in [0.29, 0.717) is 10.7 Å². The number of nitrogens with zero attached hydrogens (tertiary/aromatic N) is 1. The monoisotopic (exact) mass is 422 g/mol. The minimum absolute atomic E-state index is 0.136. The van der Waals surface area contributed by atoms with Crippen LogP contribution in [0.25, 0.3) is 0 Å². The van der Waals surface area contributed by atoms with E-state index in [2.05, 4.69) is 21.2 Å². The molecule has 1 saturated heterocycles. The maximum Gasteiger partial charge on any atom is 0.247 e. The van der Waals surface area contributed by atoms with E-state index in [1.807, 2.05) is 12.2 Å². The average Bonchev–Trinajstić information content (AvgIpc) is 3.24. The van der Waals surface area contributed by atoms with Crippen molar-refractivity contribution in [2.75, 3.05) is 5.32 Å². The van der Waals surface area contributed by atoms with Crippen LogP contribution in [0.1, 0.15) is 13.3 Å². The number of rotatable bonds is 3. The number of benzene rings is 1. The molecule has 5 atom stereocenters. The molecule has 1 aliphatic heterocycles. The number of fused-ring (bicyclic) bond motifs is 5. The topological polar surface area (TPSA) is 66.5 Å². The van der Waals surface area contributed by atoms with Crippen molar-refractivity contribution in [3.63, 3.8) is 0 Å². The molecule has 0 aromatic heterocycles. The summed E-state index contributed by atoms with van der Waals surface area (Å²) in [5, 5.41) is 3.19. The van der Waals surface area contributed by atoms with E-state index in [0.717, 1.165) is 15.8 Å². The van der Waals surface area contributed by atoms with Crippen molar-refractivity contribution in [3.8, 4) is 0 Å². The molecule has 5 nitrogen and oxygen atoms in total. The fourth-order valence-electron chi connectivity index (χ4n) is 4.24. The molecule has 0 unspecified atom stereocenters. The van der Waals surface area contributed by atoms with Crippen molar-refractivity contribution >= 4 is 50.9 Å². The molecule has 1 saturated carbocycles. The number of allylic oxidation sites excluding steroid dienone is 2. The second-order valence-electron chi connectivity index (χ2n) is 6.84. The van der Waals surface area contributed by atoms with Crippen LogP contribution in [-0.2, 0) is 14.4 Å². The Bertz CT molecular complexity index is 795. The van der Waals surface area contributed by atoms with Crippen molar-refractivity contribution in [2.24, 2.45) is 23.7 Å². The number of nitrogens with one attached hydrogen (secondary N) is 1. The standard InChI is InChI=1S/C18H16BrClN2O3/c1-8(16(23)21-11-4-5-12(19)13(20)7-11)22-17(24)14-9-2-3-10(6-9)15(14)18(22)25/h2-5,7-10,14-15H,6H2,1H3,(H,21,23)/t8-,9-,10+,14-,15+/m1/s1. The molecule has 2 aliphatic carbocycles. The Labute approximate surface area is 158 Å². The van der Waals surface area contributed by atoms with Gasteiger partial charge in [-0.1, -0.05) is 23.8 Å². The van der Waals surface area contributed by atoms with Crippen LogP contribution in [0.15, 0.2) is 34.8 Å². The molecule has 2 bridgehead atoms. The molecule has 1 aromatic rings. The number of anilines is 1. The van der Waals surface area contributed by atoms with Crippen LogP contribution >= 0.6 is 27.5 Å². The van der Waals surface area contributed by atoms with E-state index in [9.17, 15) is 14.4 Å². The van der Waals surface area contributed by atoms with Gasteiger partial charge in [0.25, 0.3) is 0 Å². The summed E-state index contributed by atoms with van der Waals surface area (Å²) in [4.78, 5) is 39.2. The van der Waals surface area contributed by atoms with Gasteiger partial charge in [-0.15, -0.1) is 0 Å². The molecular weight excluding hydrogens is 408 g/mol. The zero-order valence-electron chi connectivity index (χ0n) is 13.4. The second kappa shape index (κ2) is 5.95. The first-order valence-corrected chi connectivity index (χ1v) is 9.36. The normalized spacial score (nSPS) is 30.8. The van der Waals surface area contributed by atoms with E-state index < -0.39 is 11.9 Å². The van der Waals surface area contributed by atoms with Gasteiger partial charge in [0, 0.05) is 10.2 Å². The van der Waals surface area contributed by atoms with Gasteiger partial charge in [0.05, 0.1) is 16.9 Å². The van der Waals surface area contributed by atoms with Gasteiger partial charge in [-0.2, -0.15) is 0 Å². The van der Waals surface area contributed by atoms with Gasteiger partial charge in [0.2, 0.25) is 17.7 Å². The minimum Gasteiger partial charge on any atom is -0.324 e. The Hall–Kier alpha value is -1.66. The summed E-state index contributed by atoms with van der Waals surface area (Å²) < 4.78 is 0.723. The zero-order chi connectivity index (χ0) is 17.9. The van der Waals surface area contributed by atoms with Crippen molar-refractivity contribution in [1.82, 2.24) is 4.90 Å². The fraction of sp³-hybridized carbons (Fsp3) is 0.389. The predicted octanol–water partition coefficient (Wildman–Crippen LogP) is 3.24. The van der Waals surface area contributed by atoms with Gasteiger partial charge in [-0.25, -0.2) is 0 Å². The smallest absolute Gasteiger partial charge is 0.247 e. The number of carbonyl (C=O) groups excluding carboxylic acids is 3. The van der Waals surface area contributed by atoms with Crippen LogP contribution in [0.5, 0.6) is 0 Å². The molecule has 4 rings (SSSR count). The molecule has 1 N–H and O–H groups in total. The van der Waals surface area contributed by atoms with Crippen molar-refractivity contribution in [2.45, 2.75) is 19.4 Å². The Morgan fingerprint density at radius 1 is 1.24 bits per heavy atom. The number of halogens is 2. The molecule has 130 valence electrons. The summed E-state index contributed by atoms with van der Waals surface area (Å²) in [6, 6.07) is 4.19. The lowest BCUT2D eigenvalue weighted by Crippen LogP contribution is -2.46. The average molecular weight is 424 g/mol. The second-order valence-corrected chi connectivity index (χ2v) is 8.10. The summed E-state index contributed by atoms with van der Waals surface area (Å²) >= 11 is 9.32.